The number of aliphatic hydroxyl groups is 2. The highest BCUT2D eigenvalue weighted by molar-refractivity contribution is 5.81. The molecule has 25 heavy (non-hydrogen) atoms. The number of nitrogen functional groups attached to an aromatic ring is 1. The Bertz CT molecular complexity index is 751. The van der Waals surface area contributed by atoms with Crippen molar-refractivity contribution in [3.63, 3.8) is 0 Å². The van der Waals surface area contributed by atoms with Crippen molar-refractivity contribution in [3.05, 3.63) is 12.7 Å². The van der Waals surface area contributed by atoms with E-state index in [0.717, 1.165) is 6.42 Å². The van der Waals surface area contributed by atoms with Crippen LogP contribution in [0.1, 0.15) is 32.4 Å². The smallest absolute Gasteiger partial charge is 0.306 e. The average molecular weight is 351 g/mol. The molecule has 0 spiro atoms. The number of imidazole rings is 1. The maximum absolute atomic E-state index is 12.0. The third-order valence-corrected chi connectivity index (χ3v) is 4.16. The van der Waals surface area contributed by atoms with Crippen LogP contribution in [0.15, 0.2) is 12.7 Å². The van der Waals surface area contributed by atoms with Crippen LogP contribution in [0.4, 0.5) is 5.82 Å². The summed E-state index contributed by atoms with van der Waals surface area (Å²) in [5.41, 5.74) is 6.54. The zero-order chi connectivity index (χ0) is 18.0. The molecule has 0 aliphatic carbocycles. The molecule has 0 radical (unpaired) electrons. The van der Waals surface area contributed by atoms with E-state index in [4.69, 9.17) is 15.2 Å². The third-order valence-electron chi connectivity index (χ3n) is 4.16. The highest BCUT2D eigenvalue weighted by Crippen LogP contribution is 2.34. The van der Waals surface area contributed by atoms with Crippen LogP contribution in [0, 0.1) is 0 Å². The van der Waals surface area contributed by atoms with Crippen LogP contribution in [0.25, 0.3) is 11.2 Å². The van der Waals surface area contributed by atoms with Crippen molar-refractivity contribution >= 4 is 23.0 Å². The topological polar surface area (TPSA) is 146 Å². The van der Waals surface area contributed by atoms with Gasteiger partial charge in [0.1, 0.15) is 24.1 Å². The van der Waals surface area contributed by atoms with E-state index in [1.54, 1.807) is 0 Å². The third kappa shape index (κ3) is 3.28. The predicted octanol–water partition coefficient (Wildman–Crippen LogP) is -0.239. The first kappa shape index (κ1) is 17.5. The number of rotatable bonds is 6. The summed E-state index contributed by atoms with van der Waals surface area (Å²) in [7, 11) is 0. The van der Waals surface area contributed by atoms with E-state index < -0.39 is 37.1 Å². The number of ether oxygens (including phenoxy) is 2. The van der Waals surface area contributed by atoms with Gasteiger partial charge in [-0.2, -0.15) is 0 Å². The lowest BCUT2D eigenvalue weighted by molar-refractivity contribution is -0.158. The van der Waals surface area contributed by atoms with E-state index in [2.05, 4.69) is 15.0 Å². The molecule has 0 amide bonds. The molecule has 3 rings (SSSR count). The number of nitrogens with zero attached hydrogens (tertiary/aromatic N) is 4. The number of nitrogens with two attached hydrogens (primary N) is 1. The Hall–Kier alpha value is -2.30. The molecule has 1 aliphatic heterocycles. The van der Waals surface area contributed by atoms with Gasteiger partial charge in [0.15, 0.2) is 23.8 Å². The summed E-state index contributed by atoms with van der Waals surface area (Å²) >= 11 is 0. The first-order valence-electron chi connectivity index (χ1n) is 8.13. The molecule has 10 heteroatoms. The van der Waals surface area contributed by atoms with Crippen LogP contribution in [0.3, 0.4) is 0 Å². The van der Waals surface area contributed by atoms with Gasteiger partial charge in [0.2, 0.25) is 0 Å². The van der Waals surface area contributed by atoms with Crippen molar-refractivity contribution in [2.75, 3.05) is 12.3 Å². The molecule has 136 valence electrons. The molecule has 0 saturated carbocycles. The number of hydrogen-bond acceptors (Lipinski definition) is 9. The molecule has 4 atom stereocenters. The second-order valence-electron chi connectivity index (χ2n) is 5.88. The van der Waals surface area contributed by atoms with Crippen LogP contribution in [0.2, 0.25) is 0 Å². The SMILES string of the molecule is CCCCC(=O)O[C@H]1C(n2cnc3c(N)ncnc32)O[C@H](CO)[C@@H]1O. The summed E-state index contributed by atoms with van der Waals surface area (Å²) in [6, 6.07) is 0. The molecular weight excluding hydrogens is 330 g/mol. The van der Waals surface area contributed by atoms with Crippen LogP contribution < -0.4 is 5.73 Å². The zero-order valence-electron chi connectivity index (χ0n) is 13.8. The quantitative estimate of drug-likeness (QED) is 0.600. The van der Waals surface area contributed by atoms with Gasteiger partial charge >= 0.3 is 5.97 Å². The molecule has 4 N–H and O–H groups in total. The molecule has 1 aliphatic rings. The molecule has 2 aromatic rings. The largest absolute Gasteiger partial charge is 0.455 e. The van der Waals surface area contributed by atoms with Crippen molar-refractivity contribution in [2.24, 2.45) is 0 Å². The van der Waals surface area contributed by atoms with Gasteiger partial charge in [-0.25, -0.2) is 15.0 Å². The lowest BCUT2D eigenvalue weighted by atomic mass is 10.1. The highest BCUT2D eigenvalue weighted by Gasteiger charge is 2.47. The van der Waals surface area contributed by atoms with E-state index in [0.29, 0.717) is 17.6 Å². The highest BCUT2D eigenvalue weighted by atomic mass is 16.6. The summed E-state index contributed by atoms with van der Waals surface area (Å²) in [4.78, 5) is 24.2. The summed E-state index contributed by atoms with van der Waals surface area (Å²) < 4.78 is 12.6. The fourth-order valence-corrected chi connectivity index (χ4v) is 2.81. The first-order chi connectivity index (χ1) is 12.1. The Labute approximate surface area is 143 Å². The minimum atomic E-state index is -1.17. The van der Waals surface area contributed by atoms with Gasteiger partial charge in [0, 0.05) is 6.42 Å². The number of aliphatic hydroxyl groups excluding tert-OH is 2. The molecule has 1 fully saturated rings. The van der Waals surface area contributed by atoms with Crippen LogP contribution in [0.5, 0.6) is 0 Å². The van der Waals surface area contributed by atoms with Crippen LogP contribution in [-0.4, -0.2) is 60.6 Å². The second-order valence-corrected chi connectivity index (χ2v) is 5.88. The molecule has 0 aromatic carbocycles. The lowest BCUT2D eigenvalue weighted by Crippen LogP contribution is -2.37. The summed E-state index contributed by atoms with van der Waals surface area (Å²) in [6.45, 7) is 1.55. The van der Waals surface area contributed by atoms with E-state index in [-0.39, 0.29) is 12.2 Å². The molecule has 1 saturated heterocycles. The summed E-state index contributed by atoms with van der Waals surface area (Å²) in [6.07, 6.45) is 0.580. The molecule has 2 aromatic heterocycles. The van der Waals surface area contributed by atoms with Gasteiger partial charge in [-0.15, -0.1) is 0 Å². The maximum atomic E-state index is 12.0. The van der Waals surface area contributed by atoms with Crippen molar-refractivity contribution in [1.82, 2.24) is 19.5 Å². The van der Waals surface area contributed by atoms with E-state index in [1.807, 2.05) is 6.92 Å². The Morgan fingerprint density at radius 3 is 2.96 bits per heavy atom. The van der Waals surface area contributed by atoms with Crippen molar-refractivity contribution < 1.29 is 24.5 Å². The molecule has 1 unspecified atom stereocenters. The molecule has 0 bridgehead atoms. The van der Waals surface area contributed by atoms with Crippen molar-refractivity contribution in [2.45, 2.75) is 50.7 Å². The average Bonchev–Trinajstić information content (AvgIpc) is 3.16. The maximum Gasteiger partial charge on any atom is 0.306 e. The Kier molecular flexibility index (Phi) is 5.11. The monoisotopic (exact) mass is 351 g/mol. The number of anilines is 1. The number of esters is 1. The summed E-state index contributed by atoms with van der Waals surface area (Å²) in [5.74, 6) is -0.228. The van der Waals surface area contributed by atoms with Crippen LogP contribution in [-0.2, 0) is 14.3 Å². The Balaban J connectivity index is 1.90. The van der Waals surface area contributed by atoms with Gasteiger partial charge in [-0.05, 0) is 6.42 Å². The zero-order valence-corrected chi connectivity index (χ0v) is 13.8. The van der Waals surface area contributed by atoms with Gasteiger partial charge in [0.25, 0.3) is 0 Å². The molecular formula is C15H21N5O5. The number of hydrogen-bond donors (Lipinski definition) is 3. The van der Waals surface area contributed by atoms with Gasteiger partial charge in [0.05, 0.1) is 12.9 Å². The van der Waals surface area contributed by atoms with E-state index in [9.17, 15) is 15.0 Å². The normalized spacial score (nSPS) is 26.2. The molecule has 3 heterocycles. The van der Waals surface area contributed by atoms with Gasteiger partial charge < -0.3 is 25.4 Å². The first-order valence-corrected chi connectivity index (χ1v) is 8.13. The lowest BCUT2D eigenvalue weighted by Gasteiger charge is -2.21. The minimum absolute atomic E-state index is 0.206. The predicted molar refractivity (Wildman–Crippen MR) is 86.1 cm³/mol. The number of unbranched alkanes of at least 4 members (excludes halogenated alkanes) is 1. The Morgan fingerprint density at radius 1 is 1.44 bits per heavy atom. The number of carbonyl (C=O) groups excluding carboxylic acids is 1. The number of aromatic nitrogens is 4. The van der Waals surface area contributed by atoms with E-state index in [1.165, 1.54) is 17.2 Å². The van der Waals surface area contributed by atoms with Gasteiger partial charge in [-0.1, -0.05) is 13.3 Å². The number of carbonyl (C=O) groups is 1. The second kappa shape index (κ2) is 7.30. The van der Waals surface area contributed by atoms with Crippen LogP contribution >= 0.6 is 0 Å². The minimum Gasteiger partial charge on any atom is -0.455 e. The standard InChI is InChI=1S/C15H21N5O5/c1-2-3-4-9(22)25-12-11(23)8(5-21)24-15(12)20-7-19-10-13(16)17-6-18-14(10)20/h6-8,11-12,15,21,23H,2-5H2,1H3,(H2,16,17,18)/t8-,11+,12-,15?/m1/s1. The fourth-order valence-electron chi connectivity index (χ4n) is 2.81. The summed E-state index contributed by atoms with van der Waals surface area (Å²) in [5, 5.41) is 19.8. The Morgan fingerprint density at radius 2 is 2.24 bits per heavy atom. The molecule has 10 nitrogen and oxygen atoms in total. The van der Waals surface area contributed by atoms with Crippen molar-refractivity contribution in [3.8, 4) is 0 Å². The van der Waals surface area contributed by atoms with E-state index >= 15 is 0 Å². The van der Waals surface area contributed by atoms with Gasteiger partial charge in [-0.3, -0.25) is 9.36 Å². The number of fused-ring (bicyclic) bond motifs is 1. The fraction of sp³-hybridized carbons (Fsp3) is 0.600. The van der Waals surface area contributed by atoms with Crippen molar-refractivity contribution in [1.29, 1.82) is 0 Å².